The molecule has 0 bridgehead atoms. The normalized spacial score (nSPS) is 13.0. The standard InChI is InChI=1S/C15H23O6PS.3K.3H/c1-13(11-12-14-8-3-2-4-9-14)7-5-6-10-15(22(16,17)18)23(19,20)21;;;;;;/h2-4,7-9,15H,5-6,10-12H2,1H3,(H2,16,17,18)(H,19,20,21);;;;;;/q;3*+1;3*-1/b13-7-;;;;;;. The third kappa shape index (κ3) is 15.7. The van der Waals surface area contributed by atoms with E-state index < -0.39 is 22.7 Å². The summed E-state index contributed by atoms with van der Waals surface area (Å²) in [4.78, 5) is 15.9. The Kier molecular flexibility index (Phi) is 23.2. The van der Waals surface area contributed by atoms with Crippen molar-refractivity contribution < 1.29 is 186 Å². The van der Waals surface area contributed by atoms with Crippen LogP contribution in [0.3, 0.4) is 0 Å². The molecule has 0 spiro atoms. The summed E-state index contributed by atoms with van der Waals surface area (Å²) in [6.07, 6.45) is 4.21. The van der Waals surface area contributed by atoms with Crippen LogP contribution in [0.25, 0.3) is 0 Å². The Hall–Kier alpha value is 3.93. The molecule has 0 aliphatic rings. The van der Waals surface area contributed by atoms with E-state index in [2.05, 4.69) is 0 Å². The summed E-state index contributed by atoms with van der Waals surface area (Å²) in [5, 5.41) is 0. The van der Waals surface area contributed by atoms with Crippen molar-refractivity contribution in [1.29, 1.82) is 0 Å². The first-order valence-electron chi connectivity index (χ1n) is 7.32. The molecule has 0 aliphatic heterocycles. The van der Waals surface area contributed by atoms with E-state index in [1.165, 1.54) is 5.56 Å². The van der Waals surface area contributed by atoms with E-state index in [1.54, 1.807) is 0 Å². The molecule has 0 saturated heterocycles. The molecule has 1 unspecified atom stereocenters. The van der Waals surface area contributed by atoms with Crippen LogP contribution < -0.4 is 154 Å². The molecule has 1 aromatic rings. The zero-order chi connectivity index (χ0) is 17.5. The Morgan fingerprint density at radius 2 is 1.73 bits per heavy atom. The summed E-state index contributed by atoms with van der Waals surface area (Å²) in [6.45, 7) is 1.96. The van der Waals surface area contributed by atoms with E-state index in [4.69, 9.17) is 14.3 Å². The number of benzene rings is 1. The van der Waals surface area contributed by atoms with Crippen molar-refractivity contribution in [2.75, 3.05) is 0 Å². The molecule has 6 nitrogen and oxygen atoms in total. The van der Waals surface area contributed by atoms with Crippen molar-refractivity contribution in [1.82, 2.24) is 0 Å². The van der Waals surface area contributed by atoms with Gasteiger partial charge in [0.1, 0.15) is 0 Å². The van der Waals surface area contributed by atoms with Crippen LogP contribution in [0.1, 0.15) is 42.5 Å². The summed E-state index contributed by atoms with van der Waals surface area (Å²) in [5.74, 6) is 0. The Morgan fingerprint density at radius 1 is 1.19 bits per heavy atom. The maximum absolute atomic E-state index is 11.1. The van der Waals surface area contributed by atoms with E-state index in [1.807, 2.05) is 43.3 Å². The van der Waals surface area contributed by atoms with Crippen LogP contribution in [0.4, 0.5) is 0 Å². The Balaban J connectivity index is -0.000000220. The van der Waals surface area contributed by atoms with Gasteiger partial charge in [-0.2, -0.15) is 8.42 Å². The molecular weight excluding hydrogens is 456 g/mol. The van der Waals surface area contributed by atoms with Crippen LogP contribution in [-0.2, 0) is 21.1 Å². The third-order valence-corrected chi connectivity index (χ3v) is 7.07. The van der Waals surface area contributed by atoms with Crippen molar-refractivity contribution in [2.24, 2.45) is 0 Å². The molecule has 1 atom stereocenters. The predicted molar refractivity (Wildman–Crippen MR) is 93.1 cm³/mol. The van der Waals surface area contributed by atoms with Gasteiger partial charge in [0.05, 0.1) is 0 Å². The minimum Gasteiger partial charge on any atom is -1.00 e. The zero-order valence-corrected chi connectivity index (χ0v) is 27.1. The SMILES string of the molecule is C/C(=C/CCCC(P(=O)(O)O)S(=O)(=O)O)CCc1ccccc1.[H-].[H-].[H-].[K+].[K+].[K+]. The molecule has 0 heterocycles. The summed E-state index contributed by atoms with van der Waals surface area (Å²) in [5.41, 5.74) is 2.36. The second kappa shape index (κ2) is 17.5. The van der Waals surface area contributed by atoms with Gasteiger partial charge < -0.3 is 14.1 Å². The fourth-order valence-corrected chi connectivity index (χ4v) is 4.59. The molecule has 136 valence electrons. The van der Waals surface area contributed by atoms with Gasteiger partial charge in [-0.15, -0.1) is 0 Å². The van der Waals surface area contributed by atoms with Crippen molar-refractivity contribution in [2.45, 2.75) is 44.0 Å². The summed E-state index contributed by atoms with van der Waals surface area (Å²) >= 11 is 0. The fourth-order valence-electron chi connectivity index (χ4n) is 2.22. The Bertz CT molecular complexity index is 690. The largest absolute Gasteiger partial charge is 1.00 e. The smallest absolute Gasteiger partial charge is 1.00 e. The van der Waals surface area contributed by atoms with Crippen LogP contribution in [0.2, 0.25) is 0 Å². The number of hydrogen-bond acceptors (Lipinski definition) is 3. The van der Waals surface area contributed by atoms with Crippen LogP contribution in [0, 0.1) is 0 Å². The quantitative estimate of drug-likeness (QED) is 0.106. The Labute approximate surface area is 288 Å². The van der Waals surface area contributed by atoms with Gasteiger partial charge in [0.15, 0.2) is 4.99 Å². The fraction of sp³-hybridized carbons (Fsp3) is 0.467. The first-order valence-corrected chi connectivity index (χ1v) is 10.5. The van der Waals surface area contributed by atoms with Crippen LogP contribution in [-0.4, -0.2) is 27.7 Å². The monoisotopic (exact) mass is 482 g/mol. The van der Waals surface area contributed by atoms with Crippen LogP contribution >= 0.6 is 7.60 Å². The average Bonchev–Trinajstić information content (AvgIpc) is 2.43. The molecule has 0 radical (unpaired) electrons. The molecule has 1 aromatic carbocycles. The molecule has 0 saturated carbocycles. The maximum Gasteiger partial charge on any atom is 1.00 e. The number of aryl methyl sites for hydroxylation is 1. The third-order valence-electron chi connectivity index (χ3n) is 3.52. The molecule has 0 amide bonds. The van der Waals surface area contributed by atoms with Gasteiger partial charge in [0, 0.05) is 0 Å². The number of rotatable bonds is 9. The average molecular weight is 483 g/mol. The predicted octanol–water partition coefficient (Wildman–Crippen LogP) is -5.52. The van der Waals surface area contributed by atoms with Crippen molar-refractivity contribution in [3.63, 3.8) is 0 Å². The van der Waals surface area contributed by atoms with Crippen molar-refractivity contribution in [3.05, 3.63) is 47.5 Å². The molecule has 0 fully saturated rings. The van der Waals surface area contributed by atoms with Gasteiger partial charge in [0.2, 0.25) is 0 Å². The maximum atomic E-state index is 11.1. The van der Waals surface area contributed by atoms with Gasteiger partial charge >= 0.3 is 162 Å². The molecule has 11 heteroatoms. The van der Waals surface area contributed by atoms with Crippen LogP contribution in [0.15, 0.2) is 42.0 Å². The number of unbranched alkanes of at least 4 members (excludes halogenated alkanes) is 1. The van der Waals surface area contributed by atoms with E-state index in [9.17, 15) is 13.0 Å². The first-order chi connectivity index (χ1) is 10.6. The second-order valence-corrected chi connectivity index (χ2v) is 9.28. The minimum absolute atomic E-state index is 0. The minimum atomic E-state index is -4.87. The van der Waals surface area contributed by atoms with E-state index in [0.717, 1.165) is 18.4 Å². The van der Waals surface area contributed by atoms with Gasteiger partial charge in [-0.1, -0.05) is 42.0 Å². The second-order valence-electron chi connectivity index (χ2n) is 5.53. The van der Waals surface area contributed by atoms with Crippen molar-refractivity contribution >= 4 is 17.7 Å². The zero-order valence-electron chi connectivity index (χ0n) is 19.0. The first kappa shape index (κ1) is 34.5. The van der Waals surface area contributed by atoms with E-state index in [0.29, 0.717) is 6.42 Å². The van der Waals surface area contributed by atoms with E-state index in [-0.39, 0.29) is 171 Å². The molecule has 0 aliphatic carbocycles. The molecule has 26 heavy (non-hydrogen) atoms. The van der Waals surface area contributed by atoms with Gasteiger partial charge in [-0.25, -0.2) is 0 Å². The summed E-state index contributed by atoms with van der Waals surface area (Å²) < 4.78 is 42.0. The Morgan fingerprint density at radius 3 is 2.19 bits per heavy atom. The summed E-state index contributed by atoms with van der Waals surface area (Å²) in [7, 11) is -9.63. The van der Waals surface area contributed by atoms with Gasteiger partial charge in [0.25, 0.3) is 10.1 Å². The molecule has 0 aromatic heterocycles. The van der Waals surface area contributed by atoms with Crippen molar-refractivity contribution in [3.8, 4) is 0 Å². The molecule has 1 rings (SSSR count). The molecular formula is C15H26K3O6PS. The van der Waals surface area contributed by atoms with Crippen LogP contribution in [0.5, 0.6) is 0 Å². The summed E-state index contributed by atoms with van der Waals surface area (Å²) in [6, 6.07) is 10.0. The van der Waals surface area contributed by atoms with Gasteiger partial charge in [-0.3, -0.25) is 9.12 Å². The molecule has 3 N–H and O–H groups in total. The number of allylic oxidation sites excluding steroid dienone is 2. The number of hydrogen-bond donors (Lipinski definition) is 3. The van der Waals surface area contributed by atoms with E-state index >= 15 is 0 Å². The van der Waals surface area contributed by atoms with Gasteiger partial charge in [-0.05, 0) is 44.6 Å². The topological polar surface area (TPSA) is 112 Å².